The van der Waals surface area contributed by atoms with Crippen LogP contribution in [-0.2, 0) is 9.47 Å². The van der Waals surface area contributed by atoms with Gasteiger partial charge >= 0.3 is 12.1 Å². The van der Waals surface area contributed by atoms with Crippen LogP contribution in [0.1, 0.15) is 56.0 Å². The van der Waals surface area contributed by atoms with Gasteiger partial charge in [0.25, 0.3) is 0 Å². The van der Waals surface area contributed by atoms with Gasteiger partial charge in [0.1, 0.15) is 11.7 Å². The lowest BCUT2D eigenvalue weighted by Crippen LogP contribution is -2.49. The van der Waals surface area contributed by atoms with E-state index in [0.29, 0.717) is 24.5 Å². The van der Waals surface area contributed by atoms with E-state index in [1.54, 1.807) is 11.0 Å². The van der Waals surface area contributed by atoms with Gasteiger partial charge in [-0.1, -0.05) is 5.22 Å². The Morgan fingerprint density at radius 3 is 2.69 bits per heavy atom. The van der Waals surface area contributed by atoms with Gasteiger partial charge in [-0.2, -0.15) is 5.26 Å². The van der Waals surface area contributed by atoms with Crippen molar-refractivity contribution in [2.75, 3.05) is 30.4 Å². The standard InChI is InChI=1S/C21H29N7O4/c1-21(2,3)32-20(30)27-8-6-5-7-15(12-27)28-17-14(11-22)9-13(18(29)31-4)10-16(17)24-19(28)25-26-23/h9-10,15,19,24H,5-8,12H2,1-4H3,(H2,23,25). The van der Waals surface area contributed by atoms with Crippen molar-refractivity contribution >= 4 is 23.4 Å². The summed E-state index contributed by atoms with van der Waals surface area (Å²) in [5.41, 5.74) is 1.08. The van der Waals surface area contributed by atoms with Gasteiger partial charge in [0, 0.05) is 13.1 Å². The number of nitrogens with two attached hydrogens (primary N) is 1. The van der Waals surface area contributed by atoms with Crippen LogP contribution in [-0.4, -0.2) is 55.1 Å². The van der Waals surface area contributed by atoms with Crippen molar-refractivity contribution in [3.63, 3.8) is 0 Å². The largest absolute Gasteiger partial charge is 0.465 e. The lowest BCUT2D eigenvalue weighted by Gasteiger charge is -2.35. The zero-order chi connectivity index (χ0) is 23.5. The van der Waals surface area contributed by atoms with E-state index in [0.717, 1.165) is 19.3 Å². The van der Waals surface area contributed by atoms with Gasteiger partial charge in [0.2, 0.25) is 6.29 Å². The summed E-state index contributed by atoms with van der Waals surface area (Å²) in [4.78, 5) is 28.4. The Bertz CT molecular complexity index is 951. The van der Waals surface area contributed by atoms with Crippen molar-refractivity contribution in [1.82, 2.24) is 4.90 Å². The van der Waals surface area contributed by atoms with E-state index in [1.807, 2.05) is 25.7 Å². The van der Waals surface area contributed by atoms with Crippen molar-refractivity contribution in [2.45, 2.75) is 58.0 Å². The molecule has 0 bridgehead atoms. The number of nitrogens with one attached hydrogen (secondary N) is 1. The maximum atomic E-state index is 12.8. The first-order chi connectivity index (χ1) is 15.2. The van der Waals surface area contributed by atoms with Crippen molar-refractivity contribution in [1.29, 1.82) is 5.26 Å². The molecular formula is C21H29N7O4. The molecular weight excluding hydrogens is 414 g/mol. The van der Waals surface area contributed by atoms with Crippen LogP contribution in [0.4, 0.5) is 16.2 Å². The fourth-order valence-corrected chi connectivity index (χ4v) is 4.04. The highest BCUT2D eigenvalue weighted by molar-refractivity contribution is 5.95. The third-order valence-corrected chi connectivity index (χ3v) is 5.33. The first kappa shape index (κ1) is 23.1. The van der Waals surface area contributed by atoms with Crippen LogP contribution < -0.4 is 16.1 Å². The predicted octanol–water partition coefficient (Wildman–Crippen LogP) is 2.98. The molecule has 11 nitrogen and oxygen atoms in total. The molecule has 0 spiro atoms. The topological polar surface area (TPSA) is 146 Å². The summed E-state index contributed by atoms with van der Waals surface area (Å²) in [6.45, 7) is 6.45. The van der Waals surface area contributed by atoms with Crippen LogP contribution in [0.2, 0.25) is 0 Å². The number of carbonyl (C=O) groups excluding carboxylic acids is 2. The van der Waals surface area contributed by atoms with Gasteiger partial charge in [-0.05, 0) is 52.2 Å². The minimum absolute atomic E-state index is 0.176. The average molecular weight is 444 g/mol. The van der Waals surface area contributed by atoms with E-state index >= 15 is 0 Å². The van der Waals surface area contributed by atoms with E-state index in [1.165, 1.54) is 13.2 Å². The SMILES string of the molecule is COC(=O)c1cc(C#N)c2c(c1)NC(N=NN)N2C1CCCCN(C(=O)OC(C)(C)C)C1. The summed E-state index contributed by atoms with van der Waals surface area (Å²) in [5, 5.41) is 20.5. The number of hydrogen-bond acceptors (Lipinski definition) is 9. The molecule has 2 heterocycles. The summed E-state index contributed by atoms with van der Waals surface area (Å²) < 4.78 is 10.4. The lowest BCUT2D eigenvalue weighted by atomic mass is 10.0. The molecule has 3 rings (SSSR count). The predicted molar refractivity (Wildman–Crippen MR) is 117 cm³/mol. The zero-order valence-corrected chi connectivity index (χ0v) is 18.8. The van der Waals surface area contributed by atoms with Gasteiger partial charge in [-0.25, -0.2) is 9.59 Å². The number of nitrogens with zero attached hydrogens (tertiary/aromatic N) is 5. The highest BCUT2D eigenvalue weighted by atomic mass is 16.6. The first-order valence-electron chi connectivity index (χ1n) is 10.5. The summed E-state index contributed by atoms with van der Waals surface area (Å²) in [6, 6.07) is 5.09. The molecule has 2 aliphatic rings. The van der Waals surface area contributed by atoms with Crippen LogP contribution in [0.15, 0.2) is 22.5 Å². The molecule has 3 N–H and O–H groups in total. The average Bonchev–Trinajstić information content (AvgIpc) is 2.92. The molecule has 1 amide bonds. The minimum Gasteiger partial charge on any atom is -0.465 e. The van der Waals surface area contributed by atoms with E-state index in [9.17, 15) is 14.9 Å². The van der Waals surface area contributed by atoms with Crippen LogP contribution in [0.5, 0.6) is 0 Å². The summed E-state index contributed by atoms with van der Waals surface area (Å²) in [5.74, 6) is 4.80. The highest BCUT2D eigenvalue weighted by Crippen LogP contribution is 2.42. The van der Waals surface area contributed by atoms with Gasteiger partial charge in [-0.3, -0.25) is 0 Å². The number of ether oxygens (including phenoxy) is 2. The second kappa shape index (κ2) is 9.30. The number of fused-ring (bicyclic) bond motifs is 1. The first-order valence-corrected chi connectivity index (χ1v) is 10.5. The molecule has 11 heteroatoms. The Balaban J connectivity index is 1.99. The van der Waals surface area contributed by atoms with Crippen LogP contribution >= 0.6 is 0 Å². The fourth-order valence-electron chi connectivity index (χ4n) is 4.04. The maximum Gasteiger partial charge on any atom is 0.410 e. The van der Waals surface area contributed by atoms with Crippen molar-refractivity contribution in [3.8, 4) is 6.07 Å². The Hall–Kier alpha value is -3.55. The number of nitriles is 1. The lowest BCUT2D eigenvalue weighted by molar-refractivity contribution is 0.0247. The van der Waals surface area contributed by atoms with Crippen LogP contribution in [0.25, 0.3) is 0 Å². The highest BCUT2D eigenvalue weighted by Gasteiger charge is 2.39. The Morgan fingerprint density at radius 1 is 1.31 bits per heavy atom. The monoisotopic (exact) mass is 443 g/mol. The van der Waals surface area contributed by atoms with E-state index in [-0.39, 0.29) is 23.3 Å². The van der Waals surface area contributed by atoms with Crippen molar-refractivity contribution in [3.05, 3.63) is 23.3 Å². The molecule has 2 unspecified atom stereocenters. The van der Waals surface area contributed by atoms with Gasteiger partial charge < -0.3 is 30.4 Å². The quantitative estimate of drug-likeness (QED) is 0.314. The van der Waals surface area contributed by atoms with E-state index < -0.39 is 17.9 Å². The number of methoxy groups -OCH3 is 1. The number of hydrogen-bond donors (Lipinski definition) is 2. The van der Waals surface area contributed by atoms with E-state index in [2.05, 4.69) is 21.7 Å². The molecule has 0 saturated carbocycles. The zero-order valence-electron chi connectivity index (χ0n) is 18.8. The number of benzene rings is 1. The number of likely N-dealkylation sites (tertiary alicyclic amines) is 1. The number of anilines is 2. The molecule has 1 fully saturated rings. The second-order valence-electron chi connectivity index (χ2n) is 8.76. The Morgan fingerprint density at radius 2 is 2.06 bits per heavy atom. The van der Waals surface area contributed by atoms with E-state index in [4.69, 9.17) is 15.3 Å². The third kappa shape index (κ3) is 4.85. The van der Waals surface area contributed by atoms with Gasteiger partial charge in [0.15, 0.2) is 0 Å². The number of amides is 1. The smallest absolute Gasteiger partial charge is 0.410 e. The number of esters is 1. The molecule has 172 valence electrons. The van der Waals surface area contributed by atoms with Crippen LogP contribution in [0.3, 0.4) is 0 Å². The molecule has 1 aromatic rings. The third-order valence-electron chi connectivity index (χ3n) is 5.33. The molecule has 1 saturated heterocycles. The summed E-state index contributed by atoms with van der Waals surface area (Å²) in [6.07, 6.45) is 1.42. The molecule has 2 aliphatic heterocycles. The molecule has 32 heavy (non-hydrogen) atoms. The molecule has 2 atom stereocenters. The minimum atomic E-state index is -0.682. The maximum absolute atomic E-state index is 12.8. The molecule has 1 aromatic carbocycles. The summed E-state index contributed by atoms with van der Waals surface area (Å²) >= 11 is 0. The van der Waals surface area contributed by atoms with Gasteiger partial charge in [0.05, 0.1) is 35.7 Å². The molecule has 0 aliphatic carbocycles. The normalized spacial score (nSPS) is 20.8. The Labute approximate surface area is 187 Å². The fraction of sp³-hybridized carbons (Fsp3) is 0.571. The molecule has 0 radical (unpaired) electrons. The van der Waals surface area contributed by atoms with Crippen LogP contribution in [0, 0.1) is 11.3 Å². The number of carbonyl (C=O) groups is 2. The van der Waals surface area contributed by atoms with Crippen molar-refractivity contribution in [2.24, 2.45) is 16.2 Å². The Kier molecular flexibility index (Phi) is 6.72. The second-order valence-corrected chi connectivity index (χ2v) is 8.76. The summed E-state index contributed by atoms with van der Waals surface area (Å²) in [7, 11) is 1.28. The number of rotatable bonds is 3. The molecule has 0 aromatic heterocycles. The van der Waals surface area contributed by atoms with Crippen molar-refractivity contribution < 1.29 is 19.1 Å². The van der Waals surface area contributed by atoms with Gasteiger partial charge in [-0.15, -0.1) is 5.11 Å².